The lowest BCUT2D eigenvalue weighted by Gasteiger charge is -2.08. The molecule has 2 aromatic carbocycles. The van der Waals surface area contributed by atoms with Crippen molar-refractivity contribution in [2.24, 2.45) is 0 Å². The van der Waals surface area contributed by atoms with Crippen molar-refractivity contribution >= 4 is 43.4 Å². The molecular formula is C26H20N4O4S. The molecule has 5 aromatic rings. The Morgan fingerprint density at radius 2 is 1.91 bits per heavy atom. The first-order valence-corrected chi connectivity index (χ1v) is 11.8. The Kier molecular flexibility index (Phi) is 5.00. The van der Waals surface area contributed by atoms with Crippen LogP contribution in [-0.4, -0.2) is 27.2 Å². The molecule has 9 heteroatoms. The van der Waals surface area contributed by atoms with Crippen LogP contribution in [0.5, 0.6) is 11.5 Å². The van der Waals surface area contributed by atoms with Gasteiger partial charge < -0.3 is 14.8 Å². The van der Waals surface area contributed by atoms with E-state index in [1.807, 2.05) is 18.2 Å². The number of hydrogen-bond acceptors (Lipinski definition) is 7. The van der Waals surface area contributed by atoms with Gasteiger partial charge in [-0.2, -0.15) is 0 Å². The molecule has 0 bridgehead atoms. The van der Waals surface area contributed by atoms with E-state index in [-0.39, 0.29) is 24.8 Å². The summed E-state index contributed by atoms with van der Waals surface area (Å²) in [5.74, 6) is 0.859. The molecule has 1 aliphatic heterocycles. The highest BCUT2D eigenvalue weighted by molar-refractivity contribution is 7.25. The van der Waals surface area contributed by atoms with Crippen molar-refractivity contribution in [3.8, 4) is 22.8 Å². The molecule has 174 valence electrons. The molecule has 0 saturated heterocycles. The number of nitrogens with zero attached hydrogens (tertiary/aromatic N) is 3. The van der Waals surface area contributed by atoms with Crippen molar-refractivity contribution in [2.75, 3.05) is 12.1 Å². The quantitative estimate of drug-likeness (QED) is 0.399. The summed E-state index contributed by atoms with van der Waals surface area (Å²) in [5, 5.41) is 3.61. The maximum absolute atomic E-state index is 13.2. The van der Waals surface area contributed by atoms with E-state index in [4.69, 9.17) is 14.5 Å². The SMILES string of the molecule is Cc1ccc(-c2ccc3c(n2)sc2c(=O)n(CC(=O)Nc4ccc5c(c4)OCO5)cnc23)cc1C. The van der Waals surface area contributed by atoms with Gasteiger partial charge in [-0.15, -0.1) is 11.3 Å². The highest BCUT2D eigenvalue weighted by Crippen LogP contribution is 2.34. The van der Waals surface area contributed by atoms with E-state index in [2.05, 4.69) is 36.3 Å². The van der Waals surface area contributed by atoms with Crippen LogP contribution in [0.1, 0.15) is 11.1 Å². The number of rotatable bonds is 4. The standard InChI is InChI=1S/C26H20N4O4S/c1-14-3-4-16(9-15(14)2)19-7-6-18-23-24(35-25(18)29-19)26(32)30(12-27-23)11-22(31)28-17-5-8-20-21(10-17)34-13-33-20/h3-10,12H,11,13H2,1-2H3,(H,28,31). The molecule has 8 nitrogen and oxygen atoms in total. The van der Waals surface area contributed by atoms with Crippen LogP contribution in [0.2, 0.25) is 0 Å². The molecule has 0 fully saturated rings. The molecule has 0 unspecified atom stereocenters. The maximum atomic E-state index is 13.2. The average Bonchev–Trinajstić information content (AvgIpc) is 3.46. The first-order valence-electron chi connectivity index (χ1n) is 11.0. The molecule has 0 radical (unpaired) electrons. The fraction of sp³-hybridized carbons (Fsp3) is 0.154. The molecule has 6 rings (SSSR count). The summed E-state index contributed by atoms with van der Waals surface area (Å²) >= 11 is 1.29. The van der Waals surface area contributed by atoms with E-state index in [1.165, 1.54) is 33.4 Å². The normalized spacial score (nSPS) is 12.4. The number of fused-ring (bicyclic) bond motifs is 4. The largest absolute Gasteiger partial charge is 0.454 e. The van der Waals surface area contributed by atoms with Crippen molar-refractivity contribution in [1.82, 2.24) is 14.5 Å². The van der Waals surface area contributed by atoms with Gasteiger partial charge in [0.05, 0.1) is 17.5 Å². The van der Waals surface area contributed by atoms with Crippen LogP contribution < -0.4 is 20.3 Å². The van der Waals surface area contributed by atoms with Gasteiger partial charge in [-0.1, -0.05) is 12.1 Å². The van der Waals surface area contributed by atoms with Gasteiger partial charge in [0.15, 0.2) is 11.5 Å². The Labute approximate surface area is 203 Å². The van der Waals surface area contributed by atoms with E-state index in [0.29, 0.717) is 27.4 Å². The number of nitrogens with one attached hydrogen (secondary N) is 1. The molecule has 35 heavy (non-hydrogen) atoms. The molecule has 4 heterocycles. The highest BCUT2D eigenvalue weighted by Gasteiger charge is 2.17. The van der Waals surface area contributed by atoms with Gasteiger partial charge in [0.25, 0.3) is 5.56 Å². The molecule has 0 saturated carbocycles. The van der Waals surface area contributed by atoms with E-state index in [0.717, 1.165) is 21.5 Å². The minimum Gasteiger partial charge on any atom is -0.454 e. The van der Waals surface area contributed by atoms with E-state index in [9.17, 15) is 9.59 Å². The zero-order valence-corrected chi connectivity index (χ0v) is 19.8. The number of benzene rings is 2. The number of ether oxygens (including phenoxy) is 2. The Balaban J connectivity index is 1.29. The van der Waals surface area contributed by atoms with E-state index >= 15 is 0 Å². The number of aryl methyl sites for hydroxylation is 2. The summed E-state index contributed by atoms with van der Waals surface area (Å²) in [6.45, 7) is 4.15. The first kappa shape index (κ1) is 21.3. The Morgan fingerprint density at radius 3 is 2.77 bits per heavy atom. The molecule has 0 aliphatic carbocycles. The predicted octanol–water partition coefficient (Wildman–Crippen LogP) is 4.66. The van der Waals surface area contributed by atoms with Crippen molar-refractivity contribution in [3.63, 3.8) is 0 Å². The van der Waals surface area contributed by atoms with Crippen molar-refractivity contribution < 1.29 is 14.3 Å². The summed E-state index contributed by atoms with van der Waals surface area (Å²) in [6.07, 6.45) is 1.41. The molecule has 1 amide bonds. The van der Waals surface area contributed by atoms with Crippen LogP contribution in [0.3, 0.4) is 0 Å². The molecule has 1 N–H and O–H groups in total. The minimum absolute atomic E-state index is 0.157. The van der Waals surface area contributed by atoms with Gasteiger partial charge in [-0.25, -0.2) is 9.97 Å². The fourth-order valence-electron chi connectivity index (χ4n) is 4.05. The van der Waals surface area contributed by atoms with Crippen molar-refractivity contribution in [3.05, 3.63) is 76.3 Å². The molecule has 0 spiro atoms. The third kappa shape index (κ3) is 3.79. The summed E-state index contributed by atoms with van der Waals surface area (Å²) in [4.78, 5) is 35.8. The number of amides is 1. The van der Waals surface area contributed by atoms with Crippen LogP contribution in [0.4, 0.5) is 5.69 Å². The average molecular weight is 485 g/mol. The second kappa shape index (κ2) is 8.21. The maximum Gasteiger partial charge on any atom is 0.271 e. The van der Waals surface area contributed by atoms with Gasteiger partial charge in [0.2, 0.25) is 12.7 Å². The highest BCUT2D eigenvalue weighted by atomic mass is 32.1. The summed E-state index contributed by atoms with van der Waals surface area (Å²) in [6, 6.07) is 15.3. The Hall–Kier alpha value is -4.24. The number of thiophene rings is 1. The second-order valence-electron chi connectivity index (χ2n) is 8.42. The van der Waals surface area contributed by atoms with Gasteiger partial charge in [-0.05, 0) is 55.3 Å². The number of pyridine rings is 1. The third-order valence-corrected chi connectivity index (χ3v) is 7.16. The molecule has 1 aliphatic rings. The lowest BCUT2D eigenvalue weighted by Crippen LogP contribution is -2.27. The number of hydrogen-bond donors (Lipinski definition) is 1. The number of carbonyl (C=O) groups is 1. The Bertz CT molecular complexity index is 1710. The summed E-state index contributed by atoms with van der Waals surface area (Å²) in [5.41, 5.74) is 5.18. The fourth-order valence-corrected chi connectivity index (χ4v) is 5.13. The lowest BCUT2D eigenvalue weighted by atomic mass is 10.0. The third-order valence-electron chi connectivity index (χ3n) is 6.08. The molecule has 3 aromatic heterocycles. The van der Waals surface area contributed by atoms with Gasteiger partial charge in [0.1, 0.15) is 16.1 Å². The number of anilines is 1. The van der Waals surface area contributed by atoms with Crippen LogP contribution >= 0.6 is 11.3 Å². The Morgan fingerprint density at radius 1 is 1.06 bits per heavy atom. The zero-order valence-electron chi connectivity index (χ0n) is 19.0. The van der Waals surface area contributed by atoms with Gasteiger partial charge >= 0.3 is 0 Å². The summed E-state index contributed by atoms with van der Waals surface area (Å²) < 4.78 is 12.4. The van der Waals surface area contributed by atoms with Crippen LogP contribution in [-0.2, 0) is 11.3 Å². The smallest absolute Gasteiger partial charge is 0.271 e. The second-order valence-corrected chi connectivity index (χ2v) is 9.42. The first-order chi connectivity index (χ1) is 17.0. The summed E-state index contributed by atoms with van der Waals surface area (Å²) in [7, 11) is 0. The lowest BCUT2D eigenvalue weighted by molar-refractivity contribution is -0.116. The topological polar surface area (TPSA) is 95.3 Å². The monoisotopic (exact) mass is 484 g/mol. The zero-order chi connectivity index (χ0) is 24.1. The van der Waals surface area contributed by atoms with Crippen LogP contribution in [0.15, 0.2) is 59.7 Å². The van der Waals surface area contributed by atoms with E-state index < -0.39 is 0 Å². The van der Waals surface area contributed by atoms with Crippen molar-refractivity contribution in [1.29, 1.82) is 0 Å². The molecular weight excluding hydrogens is 464 g/mol. The minimum atomic E-state index is -0.344. The van der Waals surface area contributed by atoms with E-state index in [1.54, 1.807) is 18.2 Å². The van der Waals surface area contributed by atoms with Crippen molar-refractivity contribution in [2.45, 2.75) is 20.4 Å². The van der Waals surface area contributed by atoms with Gasteiger partial charge in [0, 0.05) is 22.7 Å². The van der Waals surface area contributed by atoms with Gasteiger partial charge in [-0.3, -0.25) is 14.2 Å². The number of carbonyl (C=O) groups excluding carboxylic acids is 1. The van der Waals surface area contributed by atoms with Crippen LogP contribution in [0.25, 0.3) is 31.7 Å². The molecule has 0 atom stereocenters. The van der Waals surface area contributed by atoms with Crippen LogP contribution in [0, 0.1) is 13.8 Å². The number of aromatic nitrogens is 3. The predicted molar refractivity (Wildman–Crippen MR) is 135 cm³/mol.